The van der Waals surface area contributed by atoms with Crippen LogP contribution in [0.2, 0.25) is 0 Å². The molecule has 1 atom stereocenters. The molecule has 0 spiro atoms. The fourth-order valence-electron chi connectivity index (χ4n) is 2.10. The van der Waals surface area contributed by atoms with Crippen LogP contribution in [0.25, 0.3) is 0 Å². The molecule has 1 heterocycles. The van der Waals surface area contributed by atoms with Crippen molar-refractivity contribution in [3.63, 3.8) is 0 Å². The van der Waals surface area contributed by atoms with Crippen molar-refractivity contribution < 1.29 is 0 Å². The van der Waals surface area contributed by atoms with E-state index in [9.17, 15) is 0 Å². The number of hydrogen-bond acceptors (Lipinski definition) is 2. The number of nitrogens with one attached hydrogen (secondary N) is 1. The second-order valence-electron chi connectivity index (χ2n) is 4.89. The summed E-state index contributed by atoms with van der Waals surface area (Å²) < 4.78 is 0. The number of hydrogen-bond donors (Lipinski definition) is 1. The van der Waals surface area contributed by atoms with Crippen LogP contribution in [0.3, 0.4) is 0 Å². The first-order valence-corrected chi connectivity index (χ1v) is 5.66. The maximum atomic E-state index is 3.54. The van der Waals surface area contributed by atoms with E-state index >= 15 is 0 Å². The van der Waals surface area contributed by atoms with Gasteiger partial charge in [-0.15, -0.1) is 0 Å². The number of unbranched alkanes of at least 4 members (excludes halogenated alkanes) is 1. The number of nitrogens with zero attached hydrogens (tertiary/aromatic N) is 1. The lowest BCUT2D eigenvalue weighted by atomic mass is 9.97. The maximum absolute atomic E-state index is 3.54. The number of rotatable bonds is 3. The molecule has 2 heteroatoms. The van der Waals surface area contributed by atoms with Crippen LogP contribution in [0.15, 0.2) is 11.8 Å². The molecule has 2 nitrogen and oxygen atoms in total. The lowest BCUT2D eigenvalue weighted by molar-refractivity contribution is 0.0986. The molecule has 14 heavy (non-hydrogen) atoms. The van der Waals surface area contributed by atoms with Gasteiger partial charge in [-0.2, -0.15) is 0 Å². The highest BCUT2D eigenvalue weighted by Crippen LogP contribution is 2.24. The van der Waals surface area contributed by atoms with Crippen LogP contribution in [-0.4, -0.2) is 23.7 Å². The van der Waals surface area contributed by atoms with Gasteiger partial charge >= 0.3 is 0 Å². The summed E-state index contributed by atoms with van der Waals surface area (Å²) in [6.07, 6.45) is 6.62. The third kappa shape index (κ3) is 2.50. The highest BCUT2D eigenvalue weighted by atomic mass is 15.3. The third-order valence-electron chi connectivity index (χ3n) is 3.17. The Morgan fingerprint density at radius 3 is 2.71 bits per heavy atom. The number of likely N-dealkylation sites (N-methyl/N-ethyl adjacent to an activating group) is 1. The van der Waals surface area contributed by atoms with E-state index in [0.717, 1.165) is 0 Å². The van der Waals surface area contributed by atoms with Gasteiger partial charge in [0.05, 0.1) is 6.17 Å². The van der Waals surface area contributed by atoms with Crippen molar-refractivity contribution in [2.75, 3.05) is 7.05 Å². The van der Waals surface area contributed by atoms with Gasteiger partial charge in [-0.3, -0.25) is 4.90 Å². The molecule has 1 aliphatic heterocycles. The fraction of sp³-hybridized carbons (Fsp3) is 0.833. The van der Waals surface area contributed by atoms with Crippen molar-refractivity contribution in [3.8, 4) is 0 Å². The van der Waals surface area contributed by atoms with E-state index in [1.807, 2.05) is 0 Å². The van der Waals surface area contributed by atoms with Gasteiger partial charge in [-0.25, -0.2) is 0 Å². The molecule has 0 fully saturated rings. The molecule has 0 aromatic carbocycles. The monoisotopic (exact) mass is 196 g/mol. The Morgan fingerprint density at radius 2 is 2.14 bits per heavy atom. The molecule has 0 saturated heterocycles. The van der Waals surface area contributed by atoms with Gasteiger partial charge in [0.15, 0.2) is 0 Å². The maximum Gasteiger partial charge on any atom is 0.0794 e. The summed E-state index contributed by atoms with van der Waals surface area (Å²) in [4.78, 5) is 2.43. The first-order chi connectivity index (χ1) is 6.47. The quantitative estimate of drug-likeness (QED) is 0.746. The Kier molecular flexibility index (Phi) is 3.59. The molecule has 0 aliphatic carbocycles. The van der Waals surface area contributed by atoms with Gasteiger partial charge in [0, 0.05) is 11.2 Å². The van der Waals surface area contributed by atoms with Crippen LogP contribution >= 0.6 is 0 Å². The summed E-state index contributed by atoms with van der Waals surface area (Å²) in [6, 6.07) is 0. The minimum absolute atomic E-state index is 0.188. The van der Waals surface area contributed by atoms with Gasteiger partial charge < -0.3 is 5.32 Å². The minimum atomic E-state index is 0.188. The van der Waals surface area contributed by atoms with E-state index in [-0.39, 0.29) is 5.54 Å². The third-order valence-corrected chi connectivity index (χ3v) is 3.17. The Labute approximate surface area is 88.4 Å². The van der Waals surface area contributed by atoms with Crippen LogP contribution in [0.1, 0.15) is 47.0 Å². The average molecular weight is 196 g/mol. The topological polar surface area (TPSA) is 15.3 Å². The molecule has 1 unspecified atom stereocenters. The molecule has 0 aromatic heterocycles. The van der Waals surface area contributed by atoms with E-state index < -0.39 is 0 Å². The molecule has 0 aromatic rings. The van der Waals surface area contributed by atoms with E-state index in [1.165, 1.54) is 25.0 Å². The molecule has 1 aliphatic rings. The summed E-state index contributed by atoms with van der Waals surface area (Å²) >= 11 is 0. The predicted octanol–water partition coefficient (Wildman–Crippen LogP) is 2.72. The van der Waals surface area contributed by atoms with Crippen molar-refractivity contribution in [1.29, 1.82) is 0 Å². The van der Waals surface area contributed by atoms with Crippen LogP contribution in [0.5, 0.6) is 0 Å². The molecule has 82 valence electrons. The van der Waals surface area contributed by atoms with E-state index in [1.54, 1.807) is 0 Å². The van der Waals surface area contributed by atoms with Gasteiger partial charge in [0.25, 0.3) is 0 Å². The first-order valence-electron chi connectivity index (χ1n) is 5.66. The Bertz CT molecular complexity index is 218. The molecule has 0 radical (unpaired) electrons. The normalized spacial score (nSPS) is 26.9. The smallest absolute Gasteiger partial charge is 0.0794 e. The zero-order valence-electron chi connectivity index (χ0n) is 10.2. The Balaban J connectivity index is 2.67. The van der Waals surface area contributed by atoms with Crippen molar-refractivity contribution >= 4 is 0 Å². The van der Waals surface area contributed by atoms with Crippen LogP contribution in [-0.2, 0) is 0 Å². The summed E-state index contributed by atoms with van der Waals surface area (Å²) in [7, 11) is 2.20. The summed E-state index contributed by atoms with van der Waals surface area (Å²) in [5.41, 5.74) is 1.50. The SMILES string of the molecule is CCCCC1NC(C)=CC(C)(C)N1C. The van der Waals surface area contributed by atoms with E-state index in [4.69, 9.17) is 0 Å². The highest BCUT2D eigenvalue weighted by Gasteiger charge is 2.30. The van der Waals surface area contributed by atoms with Crippen LogP contribution in [0.4, 0.5) is 0 Å². The Hall–Kier alpha value is -0.500. The van der Waals surface area contributed by atoms with E-state index in [0.29, 0.717) is 6.17 Å². The minimum Gasteiger partial charge on any atom is -0.373 e. The van der Waals surface area contributed by atoms with Gasteiger partial charge in [-0.05, 0) is 40.3 Å². The highest BCUT2D eigenvalue weighted by molar-refractivity contribution is 5.13. The molecule has 0 bridgehead atoms. The fourth-order valence-corrected chi connectivity index (χ4v) is 2.10. The molecule has 1 rings (SSSR count). The second-order valence-corrected chi connectivity index (χ2v) is 4.89. The van der Waals surface area contributed by atoms with Crippen LogP contribution in [0, 0.1) is 0 Å². The standard InChI is InChI=1S/C12H24N2/c1-6-7-8-11-13-10(2)9-12(3,4)14(11)5/h9,11,13H,6-8H2,1-5H3. The van der Waals surface area contributed by atoms with Crippen LogP contribution < -0.4 is 5.32 Å². The van der Waals surface area contributed by atoms with Gasteiger partial charge in [-0.1, -0.05) is 19.8 Å². The molecule has 0 amide bonds. The van der Waals surface area contributed by atoms with Gasteiger partial charge in [0.2, 0.25) is 0 Å². The van der Waals surface area contributed by atoms with Crippen molar-refractivity contribution in [2.45, 2.75) is 58.7 Å². The summed E-state index contributed by atoms with van der Waals surface area (Å²) in [5, 5.41) is 3.54. The first kappa shape index (κ1) is 11.6. The van der Waals surface area contributed by atoms with E-state index in [2.05, 4.69) is 51.0 Å². The molecular weight excluding hydrogens is 172 g/mol. The van der Waals surface area contributed by atoms with Crippen molar-refractivity contribution in [2.24, 2.45) is 0 Å². The number of allylic oxidation sites excluding steroid dienone is 1. The molecule has 0 saturated carbocycles. The average Bonchev–Trinajstić information content (AvgIpc) is 2.08. The van der Waals surface area contributed by atoms with Crippen molar-refractivity contribution in [1.82, 2.24) is 10.2 Å². The second kappa shape index (κ2) is 4.35. The predicted molar refractivity (Wildman–Crippen MR) is 62.0 cm³/mol. The molecule has 1 N–H and O–H groups in total. The zero-order valence-corrected chi connectivity index (χ0v) is 10.2. The summed E-state index contributed by atoms with van der Waals surface area (Å²) in [6.45, 7) is 8.96. The summed E-state index contributed by atoms with van der Waals surface area (Å²) in [5.74, 6) is 0. The van der Waals surface area contributed by atoms with Gasteiger partial charge in [0.1, 0.15) is 0 Å². The Morgan fingerprint density at radius 1 is 1.50 bits per heavy atom. The lowest BCUT2D eigenvalue weighted by Gasteiger charge is -2.44. The van der Waals surface area contributed by atoms with Crippen molar-refractivity contribution in [3.05, 3.63) is 11.8 Å². The largest absolute Gasteiger partial charge is 0.373 e. The molecular formula is C12H24N2. The lowest BCUT2D eigenvalue weighted by Crippen LogP contribution is -2.55. The zero-order chi connectivity index (χ0) is 10.8.